The minimum Gasteiger partial charge on any atom is -0.378 e. The van der Waals surface area contributed by atoms with Crippen molar-refractivity contribution in [1.29, 1.82) is 5.26 Å². The topological polar surface area (TPSA) is 78.6 Å². The van der Waals surface area contributed by atoms with Gasteiger partial charge in [0.05, 0.1) is 24.7 Å². The second-order valence-electron chi connectivity index (χ2n) is 7.86. The molecule has 1 amide bonds. The molecule has 1 aromatic carbocycles. The lowest BCUT2D eigenvalue weighted by molar-refractivity contribution is -0.122. The van der Waals surface area contributed by atoms with Crippen LogP contribution in [0.15, 0.2) is 34.0 Å². The number of amides is 1. The number of nitrogens with zero attached hydrogens (tertiary/aromatic N) is 4. The van der Waals surface area contributed by atoms with Crippen molar-refractivity contribution in [2.24, 2.45) is 0 Å². The number of halogens is 1. The Balaban J connectivity index is 1.81. The highest BCUT2D eigenvalue weighted by molar-refractivity contribution is 8.26. The van der Waals surface area contributed by atoms with Gasteiger partial charge in [0, 0.05) is 30.2 Å². The summed E-state index contributed by atoms with van der Waals surface area (Å²) in [5, 5.41) is 10.3. The normalized spacial score (nSPS) is 17.5. The van der Waals surface area contributed by atoms with E-state index in [1.807, 2.05) is 25.1 Å². The largest absolute Gasteiger partial charge is 0.378 e. The van der Waals surface area contributed by atoms with E-state index in [4.69, 9.17) is 28.6 Å². The van der Waals surface area contributed by atoms with Crippen molar-refractivity contribution in [3.63, 3.8) is 0 Å². The summed E-state index contributed by atoms with van der Waals surface area (Å²) < 4.78 is 7.54. The first-order valence-corrected chi connectivity index (χ1v) is 12.5. The van der Waals surface area contributed by atoms with Crippen LogP contribution in [0.3, 0.4) is 0 Å². The maximum absolute atomic E-state index is 13.3. The molecule has 176 valence electrons. The number of anilines is 1. The number of hydrogen-bond donors (Lipinski definition) is 0. The molecule has 0 radical (unpaired) electrons. The number of carbonyl (C=O) groups is 1. The average Bonchev–Trinajstić information content (AvgIpc) is 3.10. The molecular weight excluding hydrogens is 492 g/mol. The Morgan fingerprint density at radius 2 is 1.97 bits per heavy atom. The lowest BCUT2D eigenvalue weighted by Crippen LogP contribution is -2.41. The van der Waals surface area contributed by atoms with E-state index < -0.39 is 0 Å². The summed E-state index contributed by atoms with van der Waals surface area (Å²) in [7, 11) is 0. The molecule has 0 unspecified atom stereocenters. The Kier molecular flexibility index (Phi) is 7.43. The van der Waals surface area contributed by atoms with Crippen molar-refractivity contribution in [3.8, 4) is 6.07 Å². The van der Waals surface area contributed by atoms with Crippen molar-refractivity contribution in [2.75, 3.05) is 31.2 Å². The predicted molar refractivity (Wildman–Crippen MR) is 139 cm³/mol. The lowest BCUT2D eigenvalue weighted by Gasteiger charge is -2.33. The number of ether oxygens (including phenoxy) is 1. The smallest absolute Gasteiger partial charge is 0.270 e. The van der Waals surface area contributed by atoms with Crippen LogP contribution in [0.2, 0.25) is 5.02 Å². The van der Waals surface area contributed by atoms with Crippen LogP contribution in [0.25, 0.3) is 6.08 Å². The zero-order valence-corrected chi connectivity index (χ0v) is 21.2. The average molecular weight is 515 g/mol. The van der Waals surface area contributed by atoms with E-state index >= 15 is 0 Å². The van der Waals surface area contributed by atoms with E-state index in [-0.39, 0.29) is 23.6 Å². The third kappa shape index (κ3) is 4.51. The number of thiocarbonyl (C=S) groups is 1. The number of hydrogen-bond acceptors (Lipinski definition) is 7. The second kappa shape index (κ2) is 10.3. The number of nitriles is 1. The highest BCUT2D eigenvalue weighted by Crippen LogP contribution is 2.37. The van der Waals surface area contributed by atoms with Crippen LogP contribution in [-0.4, -0.2) is 46.0 Å². The zero-order chi connectivity index (χ0) is 24.4. The quantitative estimate of drug-likeness (QED) is 0.441. The monoisotopic (exact) mass is 514 g/mol. The molecule has 2 fully saturated rings. The van der Waals surface area contributed by atoms with E-state index in [9.17, 15) is 14.9 Å². The molecule has 2 aliphatic rings. The van der Waals surface area contributed by atoms with Crippen LogP contribution in [0, 0.1) is 18.3 Å². The predicted octanol–water partition coefficient (Wildman–Crippen LogP) is 3.94. The van der Waals surface area contributed by atoms with Crippen molar-refractivity contribution < 1.29 is 9.53 Å². The van der Waals surface area contributed by atoms with Crippen molar-refractivity contribution in [3.05, 3.63) is 66.8 Å². The van der Waals surface area contributed by atoms with Gasteiger partial charge in [-0.3, -0.25) is 19.1 Å². The molecule has 4 rings (SSSR count). The van der Waals surface area contributed by atoms with Gasteiger partial charge in [-0.25, -0.2) is 0 Å². The maximum atomic E-state index is 13.3. The summed E-state index contributed by atoms with van der Waals surface area (Å²) in [5.41, 5.74) is 1.79. The first-order chi connectivity index (χ1) is 16.4. The fourth-order valence-electron chi connectivity index (χ4n) is 4.12. The third-order valence-corrected chi connectivity index (χ3v) is 7.66. The Hall–Kier alpha value is -2.64. The third-order valence-electron chi connectivity index (χ3n) is 5.91. The number of thioether (sulfide) groups is 1. The Morgan fingerprint density at radius 3 is 2.62 bits per heavy atom. The summed E-state index contributed by atoms with van der Waals surface area (Å²) in [6.07, 6.45) is 1.76. The van der Waals surface area contributed by atoms with Crippen LogP contribution in [0.5, 0.6) is 0 Å². The molecule has 34 heavy (non-hydrogen) atoms. The standard InChI is InChI=1S/C24H23ClN4O3S2/c1-3-28-21(27-8-10-32-11-9-27)17(15(2)18(13-26)22(28)30)12-20-23(31)29(24(33)34-20)14-16-6-4-5-7-19(16)25/h4-7,12H,3,8-11,14H2,1-2H3/b20-12-. The van der Waals surface area contributed by atoms with Gasteiger partial charge < -0.3 is 9.64 Å². The number of rotatable bonds is 5. The molecular formula is C24H23ClN4O3S2. The van der Waals surface area contributed by atoms with Gasteiger partial charge in [0.25, 0.3) is 11.5 Å². The van der Waals surface area contributed by atoms with E-state index in [0.717, 1.165) is 5.56 Å². The summed E-state index contributed by atoms with van der Waals surface area (Å²) >= 11 is 13.0. The number of pyridine rings is 1. The molecule has 7 nitrogen and oxygen atoms in total. The van der Waals surface area contributed by atoms with Gasteiger partial charge >= 0.3 is 0 Å². The van der Waals surface area contributed by atoms with Crippen LogP contribution in [-0.2, 0) is 22.6 Å². The van der Waals surface area contributed by atoms with Crippen LogP contribution in [0.1, 0.15) is 29.2 Å². The Morgan fingerprint density at radius 1 is 1.26 bits per heavy atom. The van der Waals surface area contributed by atoms with E-state index in [1.54, 1.807) is 23.6 Å². The molecule has 2 aromatic rings. The highest BCUT2D eigenvalue weighted by atomic mass is 35.5. The molecule has 2 aliphatic heterocycles. The molecule has 0 atom stereocenters. The Labute approximate surface area is 212 Å². The van der Waals surface area contributed by atoms with E-state index in [1.165, 1.54) is 16.7 Å². The van der Waals surface area contributed by atoms with Crippen LogP contribution < -0.4 is 10.5 Å². The van der Waals surface area contributed by atoms with Crippen molar-refractivity contribution in [1.82, 2.24) is 9.47 Å². The van der Waals surface area contributed by atoms with E-state index in [2.05, 4.69) is 11.0 Å². The molecule has 10 heteroatoms. The fourth-order valence-corrected chi connectivity index (χ4v) is 5.55. The molecule has 2 saturated heterocycles. The Bertz CT molecular complexity index is 1290. The number of morpholine rings is 1. The first kappa shape index (κ1) is 24.5. The summed E-state index contributed by atoms with van der Waals surface area (Å²) in [6, 6.07) is 9.39. The van der Waals surface area contributed by atoms with Gasteiger partial charge in [-0.1, -0.05) is 53.8 Å². The van der Waals surface area contributed by atoms with Crippen LogP contribution >= 0.6 is 35.6 Å². The molecule has 1 aromatic heterocycles. The molecule has 0 saturated carbocycles. The number of carbonyl (C=O) groups excluding carboxylic acids is 1. The number of benzene rings is 1. The maximum Gasteiger partial charge on any atom is 0.270 e. The summed E-state index contributed by atoms with van der Waals surface area (Å²) in [4.78, 5) is 30.5. The first-order valence-electron chi connectivity index (χ1n) is 10.9. The highest BCUT2D eigenvalue weighted by Gasteiger charge is 2.33. The molecule has 0 spiro atoms. The van der Waals surface area contributed by atoms with Gasteiger partial charge in [-0.2, -0.15) is 5.26 Å². The van der Waals surface area contributed by atoms with Gasteiger partial charge in [-0.15, -0.1) is 0 Å². The van der Waals surface area contributed by atoms with Crippen molar-refractivity contribution >= 4 is 57.7 Å². The summed E-state index contributed by atoms with van der Waals surface area (Å²) in [5.74, 6) is 0.471. The van der Waals surface area contributed by atoms with Gasteiger partial charge in [0.1, 0.15) is 21.8 Å². The van der Waals surface area contributed by atoms with Gasteiger partial charge in [0.2, 0.25) is 0 Å². The lowest BCUT2D eigenvalue weighted by atomic mass is 10.0. The molecule has 0 N–H and O–H groups in total. The molecule has 0 aliphatic carbocycles. The SMILES string of the molecule is CCn1c(N2CCOCC2)c(/C=C2\SC(=S)N(Cc3ccccc3Cl)C2=O)c(C)c(C#N)c1=O. The van der Waals surface area contributed by atoms with Crippen LogP contribution in [0.4, 0.5) is 5.82 Å². The number of aromatic nitrogens is 1. The van der Waals surface area contributed by atoms with Gasteiger partial charge in [0.15, 0.2) is 0 Å². The summed E-state index contributed by atoms with van der Waals surface area (Å²) in [6.45, 7) is 6.59. The van der Waals surface area contributed by atoms with Gasteiger partial charge in [-0.05, 0) is 37.1 Å². The minimum atomic E-state index is -0.326. The second-order valence-corrected chi connectivity index (χ2v) is 9.94. The molecule has 0 bridgehead atoms. The zero-order valence-electron chi connectivity index (χ0n) is 18.8. The minimum absolute atomic E-state index is 0.0802. The van der Waals surface area contributed by atoms with Crippen molar-refractivity contribution in [2.45, 2.75) is 26.9 Å². The van der Waals surface area contributed by atoms with E-state index in [0.29, 0.717) is 64.0 Å². The fraction of sp³-hybridized carbons (Fsp3) is 0.333. The molecule has 3 heterocycles.